The second-order valence-corrected chi connectivity index (χ2v) is 32.8. The largest absolute Gasteiger partial charge is 0.500 e. The van der Waals surface area contributed by atoms with Crippen molar-refractivity contribution in [3.8, 4) is 0 Å². The maximum absolute atomic E-state index is 12.8. The molecule has 2 aromatic rings. The number of aliphatic imine (C=N–C) groups is 1. The van der Waals surface area contributed by atoms with Gasteiger partial charge in [-0.1, -0.05) is 51.0 Å². The molecule has 1 amide bonds. The smallest absolute Gasteiger partial charge is 0.468 e. The molecule has 0 aliphatic rings. The zero-order valence-electron chi connectivity index (χ0n) is 35.6. The second-order valence-electron chi connectivity index (χ2n) is 13.4. The Hall–Kier alpha value is -0.972. The Labute approximate surface area is 351 Å². The van der Waals surface area contributed by atoms with Crippen molar-refractivity contribution in [2.45, 2.75) is 119 Å². The highest BCUT2D eigenvalue weighted by atomic mass is 35.6. The number of carbonyl (C=O) groups is 1. The number of isocyanates is 1. The van der Waals surface area contributed by atoms with E-state index in [-0.39, 0.29) is 11.8 Å². The Bertz CT molecular complexity index is 1190. The van der Waals surface area contributed by atoms with Crippen LogP contribution >= 0.6 is 35.5 Å². The molecule has 0 unspecified atom stereocenters. The van der Waals surface area contributed by atoms with Gasteiger partial charge in [-0.3, -0.25) is 4.79 Å². The van der Waals surface area contributed by atoms with Gasteiger partial charge in [0.1, 0.15) is 25.4 Å². The molecule has 12 nitrogen and oxygen atoms in total. The first-order valence-corrected chi connectivity index (χ1v) is 32.6. The van der Waals surface area contributed by atoms with Crippen LogP contribution in [0.3, 0.4) is 0 Å². The molecule has 0 aliphatic heterocycles. The molecule has 0 aliphatic carbocycles. The summed E-state index contributed by atoms with van der Waals surface area (Å²) < 4.78 is 46.9. The summed E-state index contributed by atoms with van der Waals surface area (Å²) in [5.74, 6) is 3.07. The second kappa shape index (κ2) is 32.9. The van der Waals surface area contributed by atoms with Gasteiger partial charge >= 0.3 is 17.6 Å². The molecule has 0 fully saturated rings. The van der Waals surface area contributed by atoms with Gasteiger partial charge in [0.05, 0.1) is 19.1 Å². The first-order valence-electron chi connectivity index (χ1n) is 19.1. The van der Waals surface area contributed by atoms with Crippen molar-refractivity contribution in [3.63, 3.8) is 0 Å². The lowest BCUT2D eigenvalue weighted by Gasteiger charge is -2.33. The summed E-state index contributed by atoms with van der Waals surface area (Å²) in [6.07, 6.45) is 6.41. The zero-order valence-corrected chi connectivity index (χ0v) is 42.0. The highest BCUT2D eigenvalue weighted by Gasteiger charge is 2.40. The van der Waals surface area contributed by atoms with Crippen LogP contribution in [0, 0.1) is 0 Å². The van der Waals surface area contributed by atoms with Gasteiger partial charge in [-0.25, -0.2) is 4.79 Å². The van der Waals surface area contributed by atoms with Gasteiger partial charge in [-0.2, -0.15) is 28.7 Å². The van der Waals surface area contributed by atoms with E-state index in [0.717, 1.165) is 42.2 Å². The van der Waals surface area contributed by atoms with Gasteiger partial charge in [0.15, 0.2) is 8.24 Å². The number of hydrogen-bond acceptors (Lipinski definition) is 13. The predicted octanol–water partition coefficient (Wildman–Crippen LogP) is 10.7. The van der Waals surface area contributed by atoms with Gasteiger partial charge in [0.25, 0.3) is 5.24 Å². The lowest BCUT2D eigenvalue weighted by Crippen LogP contribution is -2.47. The van der Waals surface area contributed by atoms with E-state index in [4.69, 9.17) is 46.5 Å². The fourth-order valence-electron chi connectivity index (χ4n) is 4.47. The number of furan rings is 2. The Morgan fingerprint density at radius 3 is 1.49 bits per heavy atom. The minimum atomic E-state index is -2.63. The average Bonchev–Trinajstić information content (AvgIpc) is 3.82. The first kappa shape index (κ1) is 56.1. The van der Waals surface area contributed by atoms with Crippen LogP contribution in [0.15, 0.2) is 50.6 Å². The third kappa shape index (κ3) is 29.8. The molecule has 55 heavy (non-hydrogen) atoms. The summed E-state index contributed by atoms with van der Waals surface area (Å²) in [5.41, 5.74) is 0. The monoisotopic (exact) mass is 902 g/mol. The summed E-state index contributed by atoms with van der Waals surface area (Å²) in [5, 5.41) is 0.113. The van der Waals surface area contributed by atoms with Crippen LogP contribution in [-0.2, 0) is 44.4 Å². The third-order valence-electron chi connectivity index (χ3n) is 6.48. The molecular formula is C36H71ClN2O10S2Si4. The van der Waals surface area contributed by atoms with E-state index in [1.807, 2.05) is 58.2 Å². The number of amides is 1. The number of halogens is 1. The van der Waals surface area contributed by atoms with Crippen molar-refractivity contribution in [1.82, 2.24) is 4.57 Å². The molecule has 0 radical (unpaired) electrons. The number of thioether (sulfide) groups is 1. The molecule has 320 valence electrons. The van der Waals surface area contributed by atoms with Gasteiger partial charge in [-0.15, -0.1) is 0 Å². The van der Waals surface area contributed by atoms with Crippen LogP contribution in [0.5, 0.6) is 0 Å². The normalized spacial score (nSPS) is 11.6. The van der Waals surface area contributed by atoms with Gasteiger partial charge in [0.2, 0.25) is 6.08 Å². The quantitative estimate of drug-likeness (QED) is 0.0270. The van der Waals surface area contributed by atoms with E-state index in [1.165, 1.54) is 24.1 Å². The lowest BCUT2D eigenvalue weighted by molar-refractivity contribution is 0.0704. The SMILES string of the molecule is CCO[Si](CCCS)(OCC)OCC.CCO[Si](CCCSC(=O)N(Cc1ccco1)[Si](C)(C)C)(OCC)OCC.C[Si](C)(C)Cl.O=C=NCc1ccco1. The van der Waals surface area contributed by atoms with Crippen LogP contribution in [0.2, 0.25) is 51.4 Å². The summed E-state index contributed by atoms with van der Waals surface area (Å²) in [4.78, 5) is 25.7. The minimum Gasteiger partial charge on any atom is -0.468 e. The van der Waals surface area contributed by atoms with Crippen LogP contribution in [0.25, 0.3) is 0 Å². The fraction of sp³-hybridized carbons (Fsp3) is 0.722. The highest BCUT2D eigenvalue weighted by molar-refractivity contribution is 8.13. The van der Waals surface area contributed by atoms with Crippen LogP contribution in [0.1, 0.15) is 65.9 Å². The van der Waals surface area contributed by atoms with E-state index in [2.05, 4.69) is 56.9 Å². The Kier molecular flexibility index (Phi) is 33.6. The van der Waals surface area contributed by atoms with E-state index in [0.29, 0.717) is 51.9 Å². The fourth-order valence-corrected chi connectivity index (χ4v) is 13.3. The molecule has 0 aromatic carbocycles. The summed E-state index contributed by atoms with van der Waals surface area (Å²) in [7, 11) is -7.94. The Morgan fingerprint density at radius 2 is 1.16 bits per heavy atom. The molecule has 2 rings (SSSR count). The van der Waals surface area contributed by atoms with Crippen molar-refractivity contribution in [3.05, 3.63) is 48.3 Å². The molecule has 0 bridgehead atoms. The molecule has 0 saturated carbocycles. The number of hydrogen-bond donors (Lipinski definition) is 1. The van der Waals surface area contributed by atoms with E-state index in [9.17, 15) is 9.59 Å². The Morgan fingerprint density at radius 1 is 0.764 bits per heavy atom. The van der Waals surface area contributed by atoms with Crippen molar-refractivity contribution < 1.29 is 45.0 Å². The molecule has 2 aromatic heterocycles. The number of carbonyl (C=O) groups excluding carboxylic acids is 2. The van der Waals surface area contributed by atoms with E-state index in [1.54, 1.807) is 18.4 Å². The molecular weight excluding hydrogens is 832 g/mol. The summed E-state index contributed by atoms with van der Waals surface area (Å²) in [6.45, 7) is 29.1. The van der Waals surface area contributed by atoms with Crippen LogP contribution in [0.4, 0.5) is 4.79 Å². The first-order chi connectivity index (χ1) is 26.0. The van der Waals surface area contributed by atoms with Crippen molar-refractivity contribution >= 4 is 80.0 Å². The topological polar surface area (TPSA) is 131 Å². The maximum atomic E-state index is 12.8. The van der Waals surface area contributed by atoms with Crippen molar-refractivity contribution in [2.75, 3.05) is 51.1 Å². The average molecular weight is 904 g/mol. The number of rotatable bonds is 24. The van der Waals surface area contributed by atoms with Crippen molar-refractivity contribution in [2.24, 2.45) is 4.99 Å². The predicted molar refractivity (Wildman–Crippen MR) is 239 cm³/mol. The molecule has 2 heterocycles. The highest BCUT2D eigenvalue weighted by Crippen LogP contribution is 2.24. The number of nitrogens with zero attached hydrogens (tertiary/aromatic N) is 2. The molecule has 0 spiro atoms. The van der Waals surface area contributed by atoms with Crippen LogP contribution < -0.4 is 0 Å². The lowest BCUT2D eigenvalue weighted by atomic mass is 10.4. The molecule has 0 N–H and O–H groups in total. The molecule has 0 atom stereocenters. The van der Waals surface area contributed by atoms with E-state index >= 15 is 0 Å². The van der Waals surface area contributed by atoms with Gasteiger partial charge in [0, 0.05) is 57.5 Å². The minimum absolute atomic E-state index is 0.113. The van der Waals surface area contributed by atoms with Gasteiger partial charge < -0.3 is 40.0 Å². The summed E-state index contributed by atoms with van der Waals surface area (Å²) >= 11 is 11.2. The number of thiol groups is 1. The molecule has 0 saturated heterocycles. The van der Waals surface area contributed by atoms with Gasteiger partial charge in [-0.05, 0) is 84.4 Å². The Balaban J connectivity index is 0. The maximum Gasteiger partial charge on any atom is 0.500 e. The molecule has 19 heteroatoms. The third-order valence-corrected chi connectivity index (χ3v) is 16.2. The standard InChI is InChI=1S/C18H35NO5SSi2.C9H22O3SSi.C6H5NO2.C3H9ClSi/c1-7-22-27(23-8-2,24-9-3)15-11-14-25-18(20)19(26(4,5)6)16-17-12-10-13-21-17;1-4-10-14(11-5-2,12-6-3)9-7-8-13;8-5-7-4-6-2-1-3-9-6;1-5(2,3)4/h10,12-13H,7-9,11,14-16H2,1-6H3;13H,4-9H2,1-3H3;1-3H,4H2;1-3H3. The zero-order chi connectivity index (χ0) is 42.2. The van der Waals surface area contributed by atoms with Crippen molar-refractivity contribution in [1.29, 1.82) is 0 Å². The van der Waals surface area contributed by atoms with Crippen LogP contribution in [-0.4, -0.2) is 100 Å². The van der Waals surface area contributed by atoms with E-state index < -0.39 is 33.2 Å². The summed E-state index contributed by atoms with van der Waals surface area (Å²) in [6, 6.07) is 8.86.